The van der Waals surface area contributed by atoms with Gasteiger partial charge in [0.05, 0.1) is 0 Å². The van der Waals surface area contributed by atoms with Gasteiger partial charge in [-0.05, 0) is 29.3 Å². The molecule has 0 unspecified atom stereocenters. The first kappa shape index (κ1) is 15.2. The molecule has 0 aliphatic carbocycles. The maximum atomic E-state index is 11.5. The average molecular weight is 283 g/mol. The number of carbonyl (C=O) groups excluding carboxylic acids is 1. The molecule has 2 heteroatoms. The van der Waals surface area contributed by atoms with Crippen LogP contribution in [-0.4, -0.2) is 5.78 Å². The summed E-state index contributed by atoms with van der Waals surface area (Å²) in [5.41, 5.74) is 0. The fourth-order valence-electron chi connectivity index (χ4n) is 1.23. The summed E-state index contributed by atoms with van der Waals surface area (Å²) in [6, 6.07) is 0. The predicted molar refractivity (Wildman–Crippen MR) is 73.2 cm³/mol. The van der Waals surface area contributed by atoms with Crippen LogP contribution in [0.5, 0.6) is 0 Å². The van der Waals surface area contributed by atoms with Crippen LogP contribution < -0.4 is 0 Å². The average Bonchev–Trinajstić information content (AvgIpc) is 2.20. The highest BCUT2D eigenvalue weighted by atomic mass is 79.9. The second-order valence-electron chi connectivity index (χ2n) is 4.15. The SMILES string of the molecule is C#C[C@@H](CC(=O)/C=C/CCC(=C)Br)C(C)C. The number of hydrogen-bond donors (Lipinski definition) is 0. The third-order valence-corrected chi connectivity index (χ3v) is 2.72. The summed E-state index contributed by atoms with van der Waals surface area (Å²) in [5, 5.41) is 0. The first-order valence-electron chi connectivity index (χ1n) is 5.46. The zero-order valence-electron chi connectivity index (χ0n) is 10.0. The van der Waals surface area contributed by atoms with Crippen LogP contribution in [0.1, 0.15) is 33.1 Å². The third-order valence-electron chi connectivity index (χ3n) is 2.33. The Balaban J connectivity index is 3.99. The zero-order chi connectivity index (χ0) is 12.6. The molecular formula is C14H19BrO. The Labute approximate surface area is 107 Å². The number of carbonyl (C=O) groups is 1. The summed E-state index contributed by atoms with van der Waals surface area (Å²) in [6.07, 6.45) is 11.0. The van der Waals surface area contributed by atoms with Crippen molar-refractivity contribution in [3.63, 3.8) is 0 Å². The van der Waals surface area contributed by atoms with Gasteiger partial charge in [-0.1, -0.05) is 42.4 Å². The van der Waals surface area contributed by atoms with Gasteiger partial charge >= 0.3 is 0 Å². The molecule has 0 radical (unpaired) electrons. The second-order valence-corrected chi connectivity index (χ2v) is 5.27. The third kappa shape index (κ3) is 7.48. The molecule has 0 aromatic heterocycles. The van der Waals surface area contributed by atoms with Gasteiger partial charge in [-0.25, -0.2) is 0 Å². The zero-order valence-corrected chi connectivity index (χ0v) is 11.6. The number of halogens is 1. The molecule has 88 valence electrons. The number of ketones is 1. The van der Waals surface area contributed by atoms with E-state index in [0.717, 1.165) is 17.3 Å². The highest BCUT2D eigenvalue weighted by Gasteiger charge is 2.12. The molecule has 0 aromatic rings. The van der Waals surface area contributed by atoms with E-state index in [1.54, 1.807) is 6.08 Å². The van der Waals surface area contributed by atoms with Gasteiger partial charge in [0.2, 0.25) is 0 Å². The van der Waals surface area contributed by atoms with Gasteiger partial charge in [0.1, 0.15) is 0 Å². The molecule has 0 aliphatic heterocycles. The lowest BCUT2D eigenvalue weighted by atomic mass is 9.91. The van der Waals surface area contributed by atoms with Crippen molar-refractivity contribution in [2.24, 2.45) is 11.8 Å². The maximum absolute atomic E-state index is 11.5. The summed E-state index contributed by atoms with van der Waals surface area (Å²) in [4.78, 5) is 11.5. The van der Waals surface area contributed by atoms with Gasteiger partial charge in [0, 0.05) is 12.3 Å². The van der Waals surface area contributed by atoms with Gasteiger partial charge < -0.3 is 0 Å². The van der Waals surface area contributed by atoms with Crippen molar-refractivity contribution < 1.29 is 4.79 Å². The molecule has 0 saturated heterocycles. The molecule has 0 aliphatic rings. The fourth-order valence-corrected chi connectivity index (χ4v) is 1.46. The van der Waals surface area contributed by atoms with Crippen LogP contribution in [0.15, 0.2) is 23.2 Å². The minimum atomic E-state index is 0.0447. The van der Waals surface area contributed by atoms with E-state index in [4.69, 9.17) is 6.42 Å². The molecule has 0 spiro atoms. The summed E-state index contributed by atoms with van der Waals surface area (Å²) in [6.45, 7) is 7.80. The Kier molecular flexibility index (Phi) is 7.93. The molecule has 16 heavy (non-hydrogen) atoms. The van der Waals surface area contributed by atoms with Crippen LogP contribution in [0.2, 0.25) is 0 Å². The van der Waals surface area contributed by atoms with Crippen LogP contribution in [0.3, 0.4) is 0 Å². The summed E-state index contributed by atoms with van der Waals surface area (Å²) >= 11 is 3.27. The predicted octanol–water partition coefficient (Wildman–Crippen LogP) is 4.10. The first-order chi connectivity index (χ1) is 7.47. The molecule has 0 rings (SSSR count). The lowest BCUT2D eigenvalue weighted by Crippen LogP contribution is -2.10. The first-order valence-corrected chi connectivity index (χ1v) is 6.25. The minimum absolute atomic E-state index is 0.0447. The monoisotopic (exact) mass is 282 g/mol. The van der Waals surface area contributed by atoms with Crippen molar-refractivity contribution >= 4 is 21.7 Å². The smallest absolute Gasteiger partial charge is 0.156 e. The molecule has 1 atom stereocenters. The topological polar surface area (TPSA) is 17.1 Å². The van der Waals surface area contributed by atoms with Crippen molar-refractivity contribution in [1.29, 1.82) is 0 Å². The Morgan fingerprint density at radius 1 is 1.56 bits per heavy atom. The molecular weight excluding hydrogens is 264 g/mol. The standard InChI is InChI=1S/C14H19BrO/c1-5-13(11(2)3)10-14(16)9-7-6-8-12(4)15/h1,7,9,11,13H,4,6,8,10H2,2-3H3/b9-7+/t13-/m0/s1. The van der Waals surface area contributed by atoms with E-state index in [2.05, 4.69) is 28.4 Å². The number of rotatable bonds is 7. The lowest BCUT2D eigenvalue weighted by Gasteiger charge is -2.11. The van der Waals surface area contributed by atoms with E-state index >= 15 is 0 Å². The summed E-state index contributed by atoms with van der Waals surface area (Å²) < 4.78 is 0.952. The second kappa shape index (κ2) is 8.35. The molecule has 0 saturated carbocycles. The van der Waals surface area contributed by atoms with E-state index < -0.39 is 0 Å². The van der Waals surface area contributed by atoms with Crippen molar-refractivity contribution in [2.75, 3.05) is 0 Å². The Hall–Kier alpha value is -0.810. The quantitative estimate of drug-likeness (QED) is 0.508. The van der Waals surface area contributed by atoms with Gasteiger partial charge in [-0.3, -0.25) is 4.79 Å². The Morgan fingerprint density at radius 3 is 2.62 bits per heavy atom. The highest BCUT2D eigenvalue weighted by molar-refractivity contribution is 9.11. The Bertz CT molecular complexity index is 307. The van der Waals surface area contributed by atoms with Crippen LogP contribution in [-0.2, 0) is 4.79 Å². The molecule has 1 nitrogen and oxygen atoms in total. The van der Waals surface area contributed by atoms with Crippen LogP contribution in [0.25, 0.3) is 0 Å². The fraction of sp³-hybridized carbons (Fsp3) is 0.500. The van der Waals surface area contributed by atoms with E-state index in [1.807, 2.05) is 19.9 Å². The van der Waals surface area contributed by atoms with Gasteiger partial charge in [0.15, 0.2) is 5.78 Å². The number of hydrogen-bond acceptors (Lipinski definition) is 1. The molecule has 0 fully saturated rings. The molecule has 0 N–H and O–H groups in total. The van der Waals surface area contributed by atoms with Crippen LogP contribution in [0, 0.1) is 24.2 Å². The van der Waals surface area contributed by atoms with Crippen molar-refractivity contribution in [3.8, 4) is 12.3 Å². The molecule has 0 bridgehead atoms. The number of allylic oxidation sites excluding steroid dienone is 3. The van der Waals surface area contributed by atoms with Gasteiger partial charge in [0.25, 0.3) is 0 Å². The van der Waals surface area contributed by atoms with Gasteiger partial charge in [-0.15, -0.1) is 12.3 Å². The van der Waals surface area contributed by atoms with E-state index in [1.165, 1.54) is 0 Å². The van der Waals surface area contributed by atoms with E-state index in [9.17, 15) is 4.79 Å². The van der Waals surface area contributed by atoms with Crippen molar-refractivity contribution in [1.82, 2.24) is 0 Å². The summed E-state index contributed by atoms with van der Waals surface area (Å²) in [5.74, 6) is 3.17. The van der Waals surface area contributed by atoms with Crippen molar-refractivity contribution in [3.05, 3.63) is 23.2 Å². The number of terminal acetylenes is 1. The molecule has 0 heterocycles. The van der Waals surface area contributed by atoms with Gasteiger partial charge in [-0.2, -0.15) is 0 Å². The van der Waals surface area contributed by atoms with Crippen LogP contribution >= 0.6 is 15.9 Å². The summed E-state index contributed by atoms with van der Waals surface area (Å²) in [7, 11) is 0. The maximum Gasteiger partial charge on any atom is 0.156 e. The van der Waals surface area contributed by atoms with Crippen molar-refractivity contribution in [2.45, 2.75) is 33.1 Å². The van der Waals surface area contributed by atoms with Crippen LogP contribution in [0.4, 0.5) is 0 Å². The van der Waals surface area contributed by atoms with E-state index in [0.29, 0.717) is 12.3 Å². The minimum Gasteiger partial charge on any atom is -0.295 e. The molecule has 0 aromatic carbocycles. The highest BCUT2D eigenvalue weighted by Crippen LogP contribution is 2.15. The lowest BCUT2D eigenvalue weighted by molar-refractivity contribution is -0.115. The largest absolute Gasteiger partial charge is 0.295 e. The van der Waals surface area contributed by atoms with E-state index in [-0.39, 0.29) is 11.7 Å². The molecule has 0 amide bonds. The normalized spacial score (nSPS) is 12.7. The Morgan fingerprint density at radius 2 is 2.19 bits per heavy atom.